The van der Waals surface area contributed by atoms with Crippen LogP contribution >= 0.6 is 0 Å². The van der Waals surface area contributed by atoms with E-state index in [0.717, 1.165) is 25.9 Å². The first-order valence-corrected chi connectivity index (χ1v) is 10.8. The van der Waals surface area contributed by atoms with Crippen LogP contribution in [0.15, 0.2) is 0 Å². The first-order valence-electron chi connectivity index (χ1n) is 10.8. The summed E-state index contributed by atoms with van der Waals surface area (Å²) in [4.78, 5) is 0. The van der Waals surface area contributed by atoms with Gasteiger partial charge in [0.05, 0.1) is 0 Å². The minimum Gasteiger partial charge on any atom is -0.315 e. The maximum Gasteiger partial charge on any atom is 0.115 e. The summed E-state index contributed by atoms with van der Waals surface area (Å²) in [5.41, 5.74) is 0.637. The Bertz CT molecular complexity index is 328. The molecule has 0 heterocycles. The van der Waals surface area contributed by atoms with Gasteiger partial charge in [0.15, 0.2) is 0 Å². The smallest absolute Gasteiger partial charge is 0.115 e. The SMILES string of the molecule is CCCCCNCC(CCCC1(CC)CCCC1)NC1CCC1F. The van der Waals surface area contributed by atoms with Crippen molar-refractivity contribution in [1.82, 2.24) is 10.6 Å². The van der Waals surface area contributed by atoms with Crippen LogP contribution < -0.4 is 10.6 Å². The quantitative estimate of drug-likeness (QED) is 0.441. The van der Waals surface area contributed by atoms with Gasteiger partial charge in [0, 0.05) is 18.6 Å². The summed E-state index contributed by atoms with van der Waals surface area (Å²) in [6.45, 7) is 6.73. The molecule has 0 saturated heterocycles. The Labute approximate surface area is 149 Å². The highest BCUT2D eigenvalue weighted by Gasteiger charge is 2.33. The van der Waals surface area contributed by atoms with Gasteiger partial charge in [-0.2, -0.15) is 0 Å². The fourth-order valence-corrected chi connectivity index (χ4v) is 4.60. The second-order valence-corrected chi connectivity index (χ2v) is 8.43. The molecule has 2 saturated carbocycles. The summed E-state index contributed by atoms with van der Waals surface area (Å²) in [6, 6.07) is 0.574. The zero-order chi connectivity index (χ0) is 17.3. The van der Waals surface area contributed by atoms with Crippen molar-refractivity contribution >= 4 is 0 Å². The Morgan fingerprint density at radius 3 is 2.46 bits per heavy atom. The number of nitrogens with one attached hydrogen (secondary N) is 2. The molecular weight excluding hydrogens is 299 g/mol. The van der Waals surface area contributed by atoms with E-state index in [4.69, 9.17) is 0 Å². The zero-order valence-electron chi connectivity index (χ0n) is 16.2. The molecule has 142 valence electrons. The van der Waals surface area contributed by atoms with Gasteiger partial charge in [0.1, 0.15) is 6.17 Å². The molecule has 3 heteroatoms. The van der Waals surface area contributed by atoms with Gasteiger partial charge < -0.3 is 10.6 Å². The molecule has 2 nitrogen and oxygen atoms in total. The van der Waals surface area contributed by atoms with Crippen molar-refractivity contribution in [2.45, 2.75) is 116 Å². The van der Waals surface area contributed by atoms with E-state index in [2.05, 4.69) is 24.5 Å². The van der Waals surface area contributed by atoms with Crippen molar-refractivity contribution in [3.05, 3.63) is 0 Å². The van der Waals surface area contributed by atoms with Gasteiger partial charge in [-0.25, -0.2) is 4.39 Å². The van der Waals surface area contributed by atoms with Crippen LogP contribution in [0.25, 0.3) is 0 Å². The van der Waals surface area contributed by atoms with Crippen LogP contribution in [0.1, 0.15) is 97.3 Å². The molecule has 2 aliphatic carbocycles. The molecule has 3 unspecified atom stereocenters. The number of hydrogen-bond acceptors (Lipinski definition) is 2. The maximum atomic E-state index is 13.6. The molecule has 0 aromatic carbocycles. The molecule has 0 radical (unpaired) electrons. The third-order valence-electron chi connectivity index (χ3n) is 6.66. The largest absolute Gasteiger partial charge is 0.315 e. The van der Waals surface area contributed by atoms with Crippen molar-refractivity contribution in [2.75, 3.05) is 13.1 Å². The average molecular weight is 341 g/mol. The topological polar surface area (TPSA) is 24.1 Å². The van der Waals surface area contributed by atoms with Crippen LogP contribution in [0, 0.1) is 5.41 Å². The lowest BCUT2D eigenvalue weighted by Gasteiger charge is -2.35. The minimum atomic E-state index is -0.607. The number of hydrogen-bond donors (Lipinski definition) is 2. The lowest BCUT2D eigenvalue weighted by atomic mass is 9.78. The highest BCUT2D eigenvalue weighted by molar-refractivity contribution is 4.90. The van der Waals surface area contributed by atoms with Crippen molar-refractivity contribution in [2.24, 2.45) is 5.41 Å². The second kappa shape index (κ2) is 10.8. The standard InChI is InChI=1S/C21H41FN2/c1-3-5-8-16-23-17-18(24-20-12-11-19(20)22)10-9-15-21(4-2)13-6-7-14-21/h18-20,23-24H,3-17H2,1-2H3. The predicted molar refractivity (Wildman–Crippen MR) is 102 cm³/mol. The Kier molecular flexibility index (Phi) is 9.04. The van der Waals surface area contributed by atoms with E-state index >= 15 is 0 Å². The van der Waals surface area contributed by atoms with E-state index in [-0.39, 0.29) is 6.04 Å². The summed E-state index contributed by atoms with van der Waals surface area (Å²) in [5, 5.41) is 7.22. The van der Waals surface area contributed by atoms with E-state index in [1.165, 1.54) is 70.6 Å². The summed E-state index contributed by atoms with van der Waals surface area (Å²) in [6.07, 6.45) is 16.0. The van der Waals surface area contributed by atoms with Crippen molar-refractivity contribution in [3.8, 4) is 0 Å². The number of alkyl halides is 1. The molecule has 2 rings (SSSR count). The normalized spacial score (nSPS) is 27.1. The van der Waals surface area contributed by atoms with Crippen LogP contribution in [-0.4, -0.2) is 31.3 Å². The molecule has 0 bridgehead atoms. The van der Waals surface area contributed by atoms with Crippen LogP contribution in [0.5, 0.6) is 0 Å². The van der Waals surface area contributed by atoms with Crippen molar-refractivity contribution in [1.29, 1.82) is 0 Å². The van der Waals surface area contributed by atoms with Crippen molar-refractivity contribution in [3.63, 3.8) is 0 Å². The van der Waals surface area contributed by atoms with Gasteiger partial charge >= 0.3 is 0 Å². The van der Waals surface area contributed by atoms with Gasteiger partial charge in [0.2, 0.25) is 0 Å². The molecule has 2 aliphatic rings. The molecule has 0 amide bonds. The average Bonchev–Trinajstić information content (AvgIpc) is 3.06. The van der Waals surface area contributed by atoms with Gasteiger partial charge in [-0.05, 0) is 56.9 Å². The van der Waals surface area contributed by atoms with Crippen LogP contribution in [0.3, 0.4) is 0 Å². The van der Waals surface area contributed by atoms with Crippen LogP contribution in [-0.2, 0) is 0 Å². The fraction of sp³-hybridized carbons (Fsp3) is 1.00. The summed E-state index contributed by atoms with van der Waals surface area (Å²) >= 11 is 0. The highest BCUT2D eigenvalue weighted by atomic mass is 19.1. The summed E-state index contributed by atoms with van der Waals surface area (Å²) in [5.74, 6) is 0. The van der Waals surface area contributed by atoms with Gasteiger partial charge in [0.25, 0.3) is 0 Å². The molecule has 0 aliphatic heterocycles. The van der Waals surface area contributed by atoms with Gasteiger partial charge in [-0.15, -0.1) is 0 Å². The minimum absolute atomic E-state index is 0.124. The maximum absolute atomic E-state index is 13.6. The molecule has 0 aromatic heterocycles. The van der Waals surface area contributed by atoms with Gasteiger partial charge in [-0.3, -0.25) is 0 Å². The first kappa shape index (κ1) is 20.2. The highest BCUT2D eigenvalue weighted by Crippen LogP contribution is 2.44. The Balaban J connectivity index is 1.70. The second-order valence-electron chi connectivity index (χ2n) is 8.43. The Hall–Kier alpha value is -0.150. The molecule has 0 aromatic rings. The van der Waals surface area contributed by atoms with Gasteiger partial charge in [-0.1, -0.05) is 52.4 Å². The predicted octanol–water partition coefficient (Wildman–Crippen LogP) is 5.37. The molecule has 24 heavy (non-hydrogen) atoms. The molecule has 3 atom stereocenters. The van der Waals surface area contributed by atoms with Crippen LogP contribution in [0.4, 0.5) is 4.39 Å². The number of unbranched alkanes of at least 4 members (excludes halogenated alkanes) is 2. The third kappa shape index (κ3) is 6.29. The van der Waals surface area contributed by atoms with E-state index in [1.54, 1.807) is 0 Å². The summed E-state index contributed by atoms with van der Waals surface area (Å²) < 4.78 is 13.6. The van der Waals surface area contributed by atoms with Crippen LogP contribution in [0.2, 0.25) is 0 Å². The van der Waals surface area contributed by atoms with E-state index in [9.17, 15) is 4.39 Å². The fourth-order valence-electron chi connectivity index (χ4n) is 4.60. The third-order valence-corrected chi connectivity index (χ3v) is 6.66. The van der Waals surface area contributed by atoms with Crippen molar-refractivity contribution < 1.29 is 4.39 Å². The first-order chi connectivity index (χ1) is 11.7. The number of halogens is 1. The number of rotatable bonds is 13. The summed E-state index contributed by atoms with van der Waals surface area (Å²) in [7, 11) is 0. The Morgan fingerprint density at radius 1 is 1.08 bits per heavy atom. The monoisotopic (exact) mass is 340 g/mol. The lowest BCUT2D eigenvalue weighted by Crippen LogP contribution is -2.52. The zero-order valence-corrected chi connectivity index (χ0v) is 16.2. The van der Waals surface area contributed by atoms with E-state index in [0.29, 0.717) is 11.5 Å². The Morgan fingerprint density at radius 2 is 1.88 bits per heavy atom. The van der Waals surface area contributed by atoms with E-state index in [1.807, 2.05) is 0 Å². The molecule has 2 N–H and O–H groups in total. The lowest BCUT2D eigenvalue weighted by molar-refractivity contribution is 0.127. The van der Waals surface area contributed by atoms with E-state index < -0.39 is 6.17 Å². The molecule has 2 fully saturated rings. The molecular formula is C21H41FN2. The molecule has 0 spiro atoms.